The fourth-order valence-corrected chi connectivity index (χ4v) is 3.44. The van der Waals surface area contributed by atoms with Crippen LogP contribution >= 0.6 is 0 Å². The van der Waals surface area contributed by atoms with Crippen LogP contribution in [0.15, 0.2) is 24.3 Å². The van der Waals surface area contributed by atoms with Crippen LogP contribution in [0.1, 0.15) is 40.6 Å². The molecule has 2 aromatic rings. The minimum absolute atomic E-state index is 0.0809. The maximum atomic E-state index is 14.0. The summed E-state index contributed by atoms with van der Waals surface area (Å²) in [6.07, 6.45) is 3.16. The van der Waals surface area contributed by atoms with Crippen molar-refractivity contribution >= 4 is 5.91 Å². The maximum Gasteiger partial charge on any atom is 0.257 e. The molecule has 0 spiro atoms. The van der Waals surface area contributed by atoms with Gasteiger partial charge in [0, 0.05) is 26.6 Å². The van der Waals surface area contributed by atoms with Gasteiger partial charge in [-0.25, -0.2) is 9.07 Å². The number of carbonyl (C=O) groups excluding carboxylic acids is 1. The summed E-state index contributed by atoms with van der Waals surface area (Å²) in [5.41, 5.74) is 1.93. The molecule has 0 N–H and O–H groups in total. The summed E-state index contributed by atoms with van der Waals surface area (Å²) >= 11 is 0. The van der Waals surface area contributed by atoms with Crippen molar-refractivity contribution in [2.75, 3.05) is 20.3 Å². The molecule has 1 unspecified atom stereocenters. The minimum Gasteiger partial charge on any atom is -0.382 e. The van der Waals surface area contributed by atoms with Gasteiger partial charge in [-0.1, -0.05) is 17.3 Å². The van der Waals surface area contributed by atoms with Gasteiger partial charge in [0.25, 0.3) is 5.91 Å². The summed E-state index contributed by atoms with van der Waals surface area (Å²) in [5, 5.41) is 8.63. The Labute approximate surface area is 145 Å². The van der Waals surface area contributed by atoms with Crippen molar-refractivity contribution in [2.24, 2.45) is 5.92 Å². The molecule has 0 radical (unpaired) electrons. The minimum atomic E-state index is -0.508. The Bertz CT molecular complexity index is 787. The normalized spacial score (nSPS) is 19.8. The monoisotopic (exact) mass is 344 g/mol. The quantitative estimate of drug-likeness (QED) is 0.834. The highest BCUT2D eigenvalue weighted by Crippen LogP contribution is 2.34. The zero-order chi connectivity index (χ0) is 17.4. The number of hydrogen-bond acceptors (Lipinski definition) is 4. The SMILES string of the molecule is COCC1c2nnn(CC3CC3)c2CCN1C(=O)c1ccccc1F. The van der Waals surface area contributed by atoms with E-state index in [0.29, 0.717) is 25.5 Å². The van der Waals surface area contributed by atoms with Crippen LogP contribution in [0.25, 0.3) is 0 Å². The molecule has 1 aliphatic carbocycles. The molecule has 1 amide bonds. The standard InChI is InChI=1S/C18H21FN4O2/c1-25-11-16-17-15(23(21-20-17)10-12-6-7-12)8-9-22(16)18(24)13-4-2-3-5-14(13)19/h2-5,12,16H,6-11H2,1H3. The van der Waals surface area contributed by atoms with Crippen LogP contribution in [-0.4, -0.2) is 46.1 Å². The number of carbonyl (C=O) groups is 1. The Kier molecular flexibility index (Phi) is 4.25. The van der Waals surface area contributed by atoms with E-state index in [1.54, 1.807) is 24.1 Å². The van der Waals surface area contributed by atoms with Crippen LogP contribution in [0.5, 0.6) is 0 Å². The summed E-state index contributed by atoms with van der Waals surface area (Å²) in [5.74, 6) is -0.140. The average molecular weight is 344 g/mol. The lowest BCUT2D eigenvalue weighted by Gasteiger charge is -2.34. The Morgan fingerprint density at radius 1 is 1.36 bits per heavy atom. The molecule has 4 rings (SSSR count). The zero-order valence-corrected chi connectivity index (χ0v) is 14.2. The van der Waals surface area contributed by atoms with E-state index < -0.39 is 5.82 Å². The van der Waals surface area contributed by atoms with E-state index in [1.807, 2.05) is 4.68 Å². The molecule has 25 heavy (non-hydrogen) atoms. The fraction of sp³-hybridized carbons (Fsp3) is 0.500. The van der Waals surface area contributed by atoms with Crippen molar-refractivity contribution in [3.63, 3.8) is 0 Å². The molecule has 2 aliphatic rings. The van der Waals surface area contributed by atoms with Crippen LogP contribution in [0.4, 0.5) is 4.39 Å². The zero-order valence-electron chi connectivity index (χ0n) is 14.2. The van der Waals surface area contributed by atoms with Gasteiger partial charge in [-0.05, 0) is 30.9 Å². The molecule has 0 bridgehead atoms. The number of rotatable bonds is 5. The van der Waals surface area contributed by atoms with E-state index in [-0.39, 0.29) is 17.5 Å². The second-order valence-electron chi connectivity index (χ2n) is 6.75. The Hall–Kier alpha value is -2.28. The fourth-order valence-electron chi connectivity index (χ4n) is 3.44. The Morgan fingerprint density at radius 2 is 2.16 bits per heavy atom. The molecule has 7 heteroatoms. The van der Waals surface area contributed by atoms with Crippen molar-refractivity contribution in [1.82, 2.24) is 19.9 Å². The molecule has 0 saturated heterocycles. The van der Waals surface area contributed by atoms with Crippen LogP contribution in [0, 0.1) is 11.7 Å². The molecule has 132 valence electrons. The van der Waals surface area contributed by atoms with E-state index >= 15 is 0 Å². The predicted molar refractivity (Wildman–Crippen MR) is 88.5 cm³/mol. The molecular weight excluding hydrogens is 323 g/mol. The van der Waals surface area contributed by atoms with Crippen LogP contribution < -0.4 is 0 Å². The first-order valence-electron chi connectivity index (χ1n) is 8.65. The summed E-state index contributed by atoms with van der Waals surface area (Å²) < 4.78 is 21.3. The number of fused-ring (bicyclic) bond motifs is 1. The highest BCUT2D eigenvalue weighted by Gasteiger charge is 2.36. The molecule has 1 aromatic carbocycles. The number of nitrogens with zero attached hydrogens (tertiary/aromatic N) is 4. The summed E-state index contributed by atoms with van der Waals surface area (Å²) in [6, 6.07) is 5.73. The lowest BCUT2D eigenvalue weighted by atomic mass is 10.0. The first-order chi connectivity index (χ1) is 12.2. The summed E-state index contributed by atoms with van der Waals surface area (Å²) in [6.45, 7) is 1.71. The second kappa shape index (κ2) is 6.55. The van der Waals surface area contributed by atoms with Gasteiger partial charge in [0.05, 0.1) is 17.9 Å². The van der Waals surface area contributed by atoms with Crippen LogP contribution in [0.2, 0.25) is 0 Å². The van der Waals surface area contributed by atoms with Crippen molar-refractivity contribution in [2.45, 2.75) is 31.8 Å². The number of hydrogen-bond donors (Lipinski definition) is 0. The molecule has 6 nitrogen and oxygen atoms in total. The lowest BCUT2D eigenvalue weighted by Crippen LogP contribution is -2.42. The Morgan fingerprint density at radius 3 is 2.88 bits per heavy atom. The van der Waals surface area contributed by atoms with E-state index in [9.17, 15) is 9.18 Å². The lowest BCUT2D eigenvalue weighted by molar-refractivity contribution is 0.0486. The molecule has 1 saturated carbocycles. The third-order valence-corrected chi connectivity index (χ3v) is 4.97. The number of benzene rings is 1. The van der Waals surface area contributed by atoms with Gasteiger partial charge in [-0.3, -0.25) is 4.79 Å². The van der Waals surface area contributed by atoms with Gasteiger partial charge in [0.1, 0.15) is 17.6 Å². The third-order valence-electron chi connectivity index (χ3n) is 4.97. The maximum absolute atomic E-state index is 14.0. The summed E-state index contributed by atoms with van der Waals surface area (Å²) in [4.78, 5) is 14.5. The molecular formula is C18H21FN4O2. The van der Waals surface area contributed by atoms with Crippen molar-refractivity contribution in [3.8, 4) is 0 Å². The number of methoxy groups -OCH3 is 1. The Balaban J connectivity index is 1.64. The number of amides is 1. The van der Waals surface area contributed by atoms with Crippen molar-refractivity contribution in [1.29, 1.82) is 0 Å². The van der Waals surface area contributed by atoms with Gasteiger partial charge in [0.15, 0.2) is 0 Å². The highest BCUT2D eigenvalue weighted by atomic mass is 19.1. The van der Waals surface area contributed by atoms with Crippen molar-refractivity contribution in [3.05, 3.63) is 47.0 Å². The smallest absolute Gasteiger partial charge is 0.257 e. The molecule has 1 aliphatic heterocycles. The molecule has 2 heterocycles. The molecule has 1 fully saturated rings. The summed E-state index contributed by atoms with van der Waals surface area (Å²) in [7, 11) is 1.59. The van der Waals surface area contributed by atoms with Crippen molar-refractivity contribution < 1.29 is 13.9 Å². The van der Waals surface area contributed by atoms with Gasteiger partial charge >= 0.3 is 0 Å². The van der Waals surface area contributed by atoms with E-state index in [4.69, 9.17) is 4.74 Å². The van der Waals surface area contributed by atoms with Gasteiger partial charge in [-0.2, -0.15) is 0 Å². The predicted octanol–water partition coefficient (Wildman–Crippen LogP) is 2.21. The van der Waals surface area contributed by atoms with Gasteiger partial charge in [-0.15, -0.1) is 5.10 Å². The first-order valence-corrected chi connectivity index (χ1v) is 8.65. The first kappa shape index (κ1) is 16.2. The van der Waals surface area contributed by atoms with E-state index in [2.05, 4.69) is 10.3 Å². The molecule has 1 aromatic heterocycles. The van der Waals surface area contributed by atoms with Crippen LogP contribution in [-0.2, 0) is 17.7 Å². The highest BCUT2D eigenvalue weighted by molar-refractivity contribution is 5.94. The largest absolute Gasteiger partial charge is 0.382 e. The number of ether oxygens (including phenoxy) is 1. The average Bonchev–Trinajstić information content (AvgIpc) is 3.34. The number of halogens is 1. The second-order valence-corrected chi connectivity index (χ2v) is 6.75. The van der Waals surface area contributed by atoms with E-state index in [0.717, 1.165) is 17.9 Å². The van der Waals surface area contributed by atoms with Gasteiger partial charge < -0.3 is 9.64 Å². The molecule has 1 atom stereocenters. The van der Waals surface area contributed by atoms with E-state index in [1.165, 1.54) is 25.0 Å². The topological polar surface area (TPSA) is 60.3 Å². The number of aromatic nitrogens is 3. The van der Waals surface area contributed by atoms with Gasteiger partial charge in [0.2, 0.25) is 0 Å². The van der Waals surface area contributed by atoms with Crippen LogP contribution in [0.3, 0.4) is 0 Å². The third kappa shape index (κ3) is 3.04.